The first-order valence-corrected chi connectivity index (χ1v) is 8.20. The largest absolute Gasteiger partial charge is 0.308 e. The van der Waals surface area contributed by atoms with Crippen LogP contribution in [-0.4, -0.2) is 15.4 Å². The van der Waals surface area contributed by atoms with Gasteiger partial charge in [0.2, 0.25) is 0 Å². The Bertz CT molecular complexity index is 563. The van der Waals surface area contributed by atoms with Gasteiger partial charge in [-0.3, -0.25) is 4.40 Å². The predicted molar refractivity (Wildman–Crippen MR) is 80.8 cm³/mol. The fraction of sp³-hybridized carbons (Fsp3) is 0.667. The second-order valence-electron chi connectivity index (χ2n) is 5.85. The molecule has 3 nitrogen and oxygen atoms in total. The molecular weight excluding hydrogens is 254 g/mol. The molecule has 104 valence electrons. The van der Waals surface area contributed by atoms with Crippen molar-refractivity contribution in [2.45, 2.75) is 59.0 Å². The molecular formula is C15H23N3S. The number of rotatable bonds is 4. The van der Waals surface area contributed by atoms with E-state index in [1.807, 2.05) is 0 Å². The third kappa shape index (κ3) is 2.43. The average molecular weight is 277 g/mol. The van der Waals surface area contributed by atoms with Crippen LogP contribution in [0.15, 0.2) is 5.38 Å². The summed E-state index contributed by atoms with van der Waals surface area (Å²) >= 11 is 1.73. The number of imidazole rings is 1. The number of hydrogen-bond acceptors (Lipinski definition) is 3. The number of fused-ring (bicyclic) bond motifs is 1. The van der Waals surface area contributed by atoms with E-state index >= 15 is 0 Å². The Labute approximate surface area is 119 Å². The topological polar surface area (TPSA) is 29.3 Å². The molecule has 2 aromatic rings. The Balaban J connectivity index is 1.74. The molecule has 1 fully saturated rings. The molecule has 0 bridgehead atoms. The highest BCUT2D eigenvalue weighted by Crippen LogP contribution is 2.28. The lowest BCUT2D eigenvalue weighted by Crippen LogP contribution is -2.32. The standard InChI is InChI=1S/C15H23N3S/c1-10-9-19-15-17-12(3)14(18(10)15)8-16-11(2)13-6-4-5-7-13/h9,11,13,16H,4-8H2,1-3H3/t11-/m1/s1. The third-order valence-electron chi connectivity index (χ3n) is 4.53. The van der Waals surface area contributed by atoms with Gasteiger partial charge < -0.3 is 5.32 Å². The number of aromatic nitrogens is 2. The Hall–Kier alpha value is -0.870. The molecule has 1 aliphatic rings. The van der Waals surface area contributed by atoms with Crippen molar-refractivity contribution in [1.82, 2.24) is 14.7 Å². The Kier molecular flexibility index (Phi) is 3.63. The summed E-state index contributed by atoms with van der Waals surface area (Å²) < 4.78 is 2.30. The van der Waals surface area contributed by atoms with E-state index in [2.05, 4.69) is 40.9 Å². The van der Waals surface area contributed by atoms with E-state index < -0.39 is 0 Å². The van der Waals surface area contributed by atoms with Gasteiger partial charge in [0.25, 0.3) is 0 Å². The quantitative estimate of drug-likeness (QED) is 0.923. The van der Waals surface area contributed by atoms with Crippen LogP contribution in [0.3, 0.4) is 0 Å². The van der Waals surface area contributed by atoms with E-state index in [9.17, 15) is 0 Å². The van der Waals surface area contributed by atoms with Crippen LogP contribution >= 0.6 is 11.3 Å². The van der Waals surface area contributed by atoms with Gasteiger partial charge in [-0.1, -0.05) is 12.8 Å². The molecule has 1 atom stereocenters. The lowest BCUT2D eigenvalue weighted by atomic mass is 10.00. The fourth-order valence-electron chi connectivity index (χ4n) is 3.26. The number of aryl methyl sites for hydroxylation is 2. The van der Waals surface area contributed by atoms with Crippen LogP contribution < -0.4 is 5.32 Å². The Morgan fingerprint density at radius 2 is 2.16 bits per heavy atom. The maximum atomic E-state index is 4.65. The second-order valence-corrected chi connectivity index (χ2v) is 6.69. The summed E-state index contributed by atoms with van der Waals surface area (Å²) in [7, 11) is 0. The summed E-state index contributed by atoms with van der Waals surface area (Å²) in [6.45, 7) is 7.55. The van der Waals surface area contributed by atoms with E-state index in [-0.39, 0.29) is 0 Å². The fourth-order valence-corrected chi connectivity index (χ4v) is 4.19. The first-order chi connectivity index (χ1) is 9.16. The molecule has 0 spiro atoms. The van der Waals surface area contributed by atoms with Gasteiger partial charge in [0.15, 0.2) is 4.96 Å². The Morgan fingerprint density at radius 1 is 1.42 bits per heavy atom. The van der Waals surface area contributed by atoms with Crippen LogP contribution in [0.5, 0.6) is 0 Å². The zero-order valence-corrected chi connectivity index (χ0v) is 12.9. The average Bonchev–Trinajstić information content (AvgIpc) is 3.07. The molecule has 1 saturated carbocycles. The van der Waals surface area contributed by atoms with Crippen LogP contribution in [0.2, 0.25) is 0 Å². The smallest absolute Gasteiger partial charge is 0.194 e. The molecule has 0 amide bonds. The minimum Gasteiger partial charge on any atom is -0.308 e. The zero-order valence-electron chi connectivity index (χ0n) is 12.1. The van der Waals surface area contributed by atoms with E-state index in [0.717, 1.165) is 17.4 Å². The maximum absolute atomic E-state index is 4.65. The molecule has 0 radical (unpaired) electrons. The van der Waals surface area contributed by atoms with Gasteiger partial charge >= 0.3 is 0 Å². The SMILES string of the molecule is Cc1nc2scc(C)n2c1CN[C@H](C)C1CCCC1. The van der Waals surface area contributed by atoms with Gasteiger partial charge in [0.05, 0.1) is 11.4 Å². The van der Waals surface area contributed by atoms with Crippen molar-refractivity contribution in [3.63, 3.8) is 0 Å². The molecule has 1 aliphatic carbocycles. The van der Waals surface area contributed by atoms with Crippen LogP contribution in [0.1, 0.15) is 49.7 Å². The first-order valence-electron chi connectivity index (χ1n) is 7.32. The maximum Gasteiger partial charge on any atom is 0.194 e. The van der Waals surface area contributed by atoms with Crippen LogP contribution in [0, 0.1) is 19.8 Å². The highest BCUT2D eigenvalue weighted by Gasteiger charge is 2.21. The van der Waals surface area contributed by atoms with Crippen molar-refractivity contribution in [3.8, 4) is 0 Å². The van der Waals surface area contributed by atoms with Gasteiger partial charge in [-0.2, -0.15) is 0 Å². The molecule has 19 heavy (non-hydrogen) atoms. The summed E-state index contributed by atoms with van der Waals surface area (Å²) in [6, 6.07) is 0.617. The van der Waals surface area contributed by atoms with Crippen molar-refractivity contribution < 1.29 is 0 Å². The molecule has 3 rings (SSSR count). The molecule has 0 unspecified atom stereocenters. The highest BCUT2D eigenvalue weighted by molar-refractivity contribution is 7.15. The van der Waals surface area contributed by atoms with Crippen molar-refractivity contribution >= 4 is 16.3 Å². The third-order valence-corrected chi connectivity index (χ3v) is 5.47. The summed E-state index contributed by atoms with van der Waals surface area (Å²) in [5, 5.41) is 5.91. The van der Waals surface area contributed by atoms with E-state index in [4.69, 9.17) is 0 Å². The van der Waals surface area contributed by atoms with Crippen molar-refractivity contribution in [2.75, 3.05) is 0 Å². The summed E-state index contributed by atoms with van der Waals surface area (Å²) in [5.74, 6) is 0.868. The van der Waals surface area contributed by atoms with Crippen LogP contribution in [0.25, 0.3) is 4.96 Å². The van der Waals surface area contributed by atoms with Gasteiger partial charge in [0.1, 0.15) is 0 Å². The predicted octanol–water partition coefficient (Wildman–Crippen LogP) is 3.68. The van der Waals surface area contributed by atoms with Gasteiger partial charge in [-0.25, -0.2) is 4.98 Å². The van der Waals surface area contributed by atoms with Crippen LogP contribution in [0.4, 0.5) is 0 Å². The molecule has 2 heterocycles. The van der Waals surface area contributed by atoms with Crippen LogP contribution in [-0.2, 0) is 6.54 Å². The van der Waals surface area contributed by atoms with Gasteiger partial charge in [-0.05, 0) is 39.5 Å². The van der Waals surface area contributed by atoms with E-state index in [0.29, 0.717) is 6.04 Å². The highest BCUT2D eigenvalue weighted by atomic mass is 32.1. The number of nitrogens with zero attached hydrogens (tertiary/aromatic N) is 2. The van der Waals surface area contributed by atoms with Gasteiger partial charge in [-0.15, -0.1) is 11.3 Å². The van der Waals surface area contributed by atoms with Crippen molar-refractivity contribution in [3.05, 3.63) is 22.5 Å². The summed E-state index contributed by atoms with van der Waals surface area (Å²) in [4.78, 5) is 5.78. The van der Waals surface area contributed by atoms with E-state index in [1.165, 1.54) is 42.8 Å². The lowest BCUT2D eigenvalue weighted by molar-refractivity contribution is 0.378. The van der Waals surface area contributed by atoms with Crippen molar-refractivity contribution in [1.29, 1.82) is 0 Å². The molecule has 1 N–H and O–H groups in total. The molecule has 0 aromatic carbocycles. The zero-order chi connectivity index (χ0) is 13.4. The lowest BCUT2D eigenvalue weighted by Gasteiger charge is -2.20. The first kappa shape index (κ1) is 13.1. The minimum absolute atomic E-state index is 0.617. The van der Waals surface area contributed by atoms with Gasteiger partial charge in [0, 0.05) is 23.7 Å². The molecule has 2 aromatic heterocycles. The summed E-state index contributed by atoms with van der Waals surface area (Å²) in [6.07, 6.45) is 5.62. The van der Waals surface area contributed by atoms with E-state index in [1.54, 1.807) is 11.3 Å². The molecule has 0 aliphatic heterocycles. The number of nitrogens with one attached hydrogen (secondary N) is 1. The molecule has 0 saturated heterocycles. The summed E-state index contributed by atoms with van der Waals surface area (Å²) in [5.41, 5.74) is 3.80. The van der Waals surface area contributed by atoms with Crippen molar-refractivity contribution in [2.24, 2.45) is 5.92 Å². The minimum atomic E-state index is 0.617. The Morgan fingerprint density at radius 3 is 2.89 bits per heavy atom. The normalized spacial score (nSPS) is 18.5. The molecule has 4 heteroatoms. The second kappa shape index (κ2) is 5.25. The number of hydrogen-bond donors (Lipinski definition) is 1. The monoisotopic (exact) mass is 277 g/mol. The number of thiazole rings is 1.